The van der Waals surface area contributed by atoms with E-state index in [1.807, 2.05) is 42.5 Å². The van der Waals surface area contributed by atoms with Crippen LogP contribution in [0.25, 0.3) is 22.6 Å². The van der Waals surface area contributed by atoms with Gasteiger partial charge in [-0.1, -0.05) is 12.1 Å². The molecule has 0 saturated heterocycles. The highest BCUT2D eigenvalue weighted by Gasteiger charge is 2.10. The highest BCUT2D eigenvalue weighted by atomic mass is 16.5. The van der Waals surface area contributed by atoms with Crippen molar-refractivity contribution in [3.8, 4) is 17.2 Å². The van der Waals surface area contributed by atoms with Gasteiger partial charge >= 0.3 is 0 Å². The second-order valence-electron chi connectivity index (χ2n) is 3.94. The van der Waals surface area contributed by atoms with Crippen LogP contribution in [0.15, 0.2) is 46.9 Å². The summed E-state index contributed by atoms with van der Waals surface area (Å²) in [6.07, 6.45) is 0. The minimum Gasteiger partial charge on any atom is -0.497 e. The molecule has 4 heteroatoms. The van der Waals surface area contributed by atoms with E-state index in [0.717, 1.165) is 16.8 Å². The summed E-state index contributed by atoms with van der Waals surface area (Å²) in [4.78, 5) is 4.42. The first-order chi connectivity index (χ1) is 8.78. The van der Waals surface area contributed by atoms with Crippen LogP contribution in [0.1, 0.15) is 0 Å². The van der Waals surface area contributed by atoms with Gasteiger partial charge < -0.3 is 14.9 Å². The molecule has 0 aliphatic carbocycles. The zero-order valence-corrected chi connectivity index (χ0v) is 9.88. The molecule has 2 aromatic carbocycles. The zero-order valence-electron chi connectivity index (χ0n) is 9.88. The Hall–Kier alpha value is -2.49. The summed E-state index contributed by atoms with van der Waals surface area (Å²) in [7, 11) is 1.62. The number of anilines is 1. The third-order valence-electron chi connectivity index (χ3n) is 2.79. The summed E-state index contributed by atoms with van der Waals surface area (Å²) < 4.78 is 10.9. The SMILES string of the molecule is COc1ccc2nc(-c3ccccc3N)oc2c1. The van der Waals surface area contributed by atoms with E-state index in [-0.39, 0.29) is 0 Å². The summed E-state index contributed by atoms with van der Waals surface area (Å²) in [5.74, 6) is 1.27. The maximum atomic E-state index is 5.91. The van der Waals surface area contributed by atoms with Crippen molar-refractivity contribution in [3.63, 3.8) is 0 Å². The van der Waals surface area contributed by atoms with Crippen molar-refractivity contribution >= 4 is 16.8 Å². The van der Waals surface area contributed by atoms with Gasteiger partial charge in [0.25, 0.3) is 0 Å². The summed E-state index contributed by atoms with van der Waals surface area (Å²) in [6, 6.07) is 13.0. The predicted molar refractivity (Wildman–Crippen MR) is 70.4 cm³/mol. The van der Waals surface area contributed by atoms with Crippen molar-refractivity contribution in [1.82, 2.24) is 4.98 Å². The van der Waals surface area contributed by atoms with E-state index in [9.17, 15) is 0 Å². The summed E-state index contributed by atoms with van der Waals surface area (Å²) in [5.41, 5.74) is 8.83. The molecule has 0 unspecified atom stereocenters. The number of hydrogen-bond acceptors (Lipinski definition) is 4. The van der Waals surface area contributed by atoms with Crippen LogP contribution in [-0.2, 0) is 0 Å². The van der Waals surface area contributed by atoms with Crippen molar-refractivity contribution in [2.45, 2.75) is 0 Å². The number of hydrogen-bond donors (Lipinski definition) is 1. The van der Waals surface area contributed by atoms with Crippen molar-refractivity contribution in [2.75, 3.05) is 12.8 Å². The number of oxazole rings is 1. The number of aromatic nitrogens is 1. The molecule has 0 spiro atoms. The molecule has 0 aliphatic rings. The largest absolute Gasteiger partial charge is 0.497 e. The van der Waals surface area contributed by atoms with E-state index >= 15 is 0 Å². The average Bonchev–Trinajstić information content (AvgIpc) is 2.81. The molecule has 0 bridgehead atoms. The van der Waals surface area contributed by atoms with Crippen molar-refractivity contribution in [3.05, 3.63) is 42.5 Å². The quantitative estimate of drug-likeness (QED) is 0.699. The van der Waals surface area contributed by atoms with Crippen LogP contribution in [0.5, 0.6) is 5.75 Å². The van der Waals surface area contributed by atoms with Crippen molar-refractivity contribution in [1.29, 1.82) is 0 Å². The Kier molecular flexibility index (Phi) is 2.41. The van der Waals surface area contributed by atoms with Gasteiger partial charge in [-0.05, 0) is 24.3 Å². The lowest BCUT2D eigenvalue weighted by atomic mass is 10.2. The Bertz CT molecular complexity index is 704. The fraction of sp³-hybridized carbons (Fsp3) is 0.0714. The lowest BCUT2D eigenvalue weighted by Gasteiger charge is -1.98. The molecule has 0 saturated carbocycles. The molecule has 0 aliphatic heterocycles. The van der Waals surface area contributed by atoms with Crippen LogP contribution in [-0.4, -0.2) is 12.1 Å². The minimum absolute atomic E-state index is 0.524. The molecule has 3 rings (SSSR count). The maximum Gasteiger partial charge on any atom is 0.229 e. The Morgan fingerprint density at radius 2 is 2.00 bits per heavy atom. The number of methoxy groups -OCH3 is 1. The van der Waals surface area contributed by atoms with Gasteiger partial charge in [0.1, 0.15) is 11.3 Å². The number of ether oxygens (including phenoxy) is 1. The monoisotopic (exact) mass is 240 g/mol. The zero-order chi connectivity index (χ0) is 12.5. The second kappa shape index (κ2) is 4.07. The van der Waals surface area contributed by atoms with Crippen molar-refractivity contribution in [2.24, 2.45) is 0 Å². The lowest BCUT2D eigenvalue weighted by Crippen LogP contribution is -1.88. The van der Waals surface area contributed by atoms with E-state index in [0.29, 0.717) is 17.2 Å². The molecular formula is C14H12N2O2. The predicted octanol–water partition coefficient (Wildman–Crippen LogP) is 3.09. The number of para-hydroxylation sites is 1. The van der Waals surface area contributed by atoms with Gasteiger partial charge in [0.15, 0.2) is 5.58 Å². The Morgan fingerprint density at radius 3 is 2.78 bits per heavy atom. The van der Waals surface area contributed by atoms with E-state index in [1.165, 1.54) is 0 Å². The van der Waals surface area contributed by atoms with E-state index in [1.54, 1.807) is 7.11 Å². The van der Waals surface area contributed by atoms with Crippen LogP contribution in [0.4, 0.5) is 5.69 Å². The minimum atomic E-state index is 0.524. The van der Waals surface area contributed by atoms with Gasteiger partial charge in [0.2, 0.25) is 5.89 Å². The third-order valence-corrected chi connectivity index (χ3v) is 2.79. The van der Waals surface area contributed by atoms with E-state index in [2.05, 4.69) is 4.98 Å². The fourth-order valence-corrected chi connectivity index (χ4v) is 1.84. The number of nitrogens with zero attached hydrogens (tertiary/aromatic N) is 1. The maximum absolute atomic E-state index is 5.91. The van der Waals surface area contributed by atoms with Gasteiger partial charge in [-0.3, -0.25) is 0 Å². The second-order valence-corrected chi connectivity index (χ2v) is 3.94. The number of nitrogen functional groups attached to an aromatic ring is 1. The molecule has 18 heavy (non-hydrogen) atoms. The number of rotatable bonds is 2. The molecule has 3 aromatic rings. The standard InChI is InChI=1S/C14H12N2O2/c1-17-9-6-7-12-13(8-9)18-14(16-12)10-4-2-3-5-11(10)15/h2-8H,15H2,1H3. The van der Waals surface area contributed by atoms with Crippen LogP contribution in [0.3, 0.4) is 0 Å². The molecule has 90 valence electrons. The smallest absolute Gasteiger partial charge is 0.229 e. The van der Waals surface area contributed by atoms with Gasteiger partial charge in [-0.15, -0.1) is 0 Å². The number of benzene rings is 2. The number of nitrogens with two attached hydrogens (primary N) is 1. The fourth-order valence-electron chi connectivity index (χ4n) is 1.84. The van der Waals surface area contributed by atoms with Crippen molar-refractivity contribution < 1.29 is 9.15 Å². The average molecular weight is 240 g/mol. The van der Waals surface area contributed by atoms with Crippen LogP contribution >= 0.6 is 0 Å². The first kappa shape index (κ1) is 10.7. The first-order valence-electron chi connectivity index (χ1n) is 5.57. The molecule has 2 N–H and O–H groups in total. The lowest BCUT2D eigenvalue weighted by molar-refractivity contribution is 0.414. The van der Waals surface area contributed by atoms with Crippen LogP contribution < -0.4 is 10.5 Å². The van der Waals surface area contributed by atoms with Gasteiger partial charge in [0.05, 0.1) is 12.7 Å². The topological polar surface area (TPSA) is 61.3 Å². The van der Waals surface area contributed by atoms with Gasteiger partial charge in [-0.2, -0.15) is 0 Å². The first-order valence-corrected chi connectivity index (χ1v) is 5.57. The summed E-state index contributed by atoms with van der Waals surface area (Å²) in [6.45, 7) is 0. The highest BCUT2D eigenvalue weighted by Crippen LogP contribution is 2.29. The summed E-state index contributed by atoms with van der Waals surface area (Å²) in [5, 5.41) is 0. The van der Waals surface area contributed by atoms with E-state index in [4.69, 9.17) is 14.9 Å². The molecule has 1 heterocycles. The molecule has 0 radical (unpaired) electrons. The molecule has 1 aromatic heterocycles. The molecule has 0 atom stereocenters. The highest BCUT2D eigenvalue weighted by molar-refractivity contribution is 5.80. The Morgan fingerprint density at radius 1 is 1.17 bits per heavy atom. The normalized spacial score (nSPS) is 10.7. The molecule has 0 fully saturated rings. The van der Waals surface area contributed by atoms with E-state index < -0.39 is 0 Å². The Balaban J connectivity index is 2.17. The molecular weight excluding hydrogens is 228 g/mol. The van der Waals surface area contributed by atoms with Crippen LogP contribution in [0, 0.1) is 0 Å². The van der Waals surface area contributed by atoms with Gasteiger partial charge in [0, 0.05) is 11.8 Å². The van der Waals surface area contributed by atoms with Gasteiger partial charge in [-0.25, -0.2) is 4.98 Å². The molecule has 4 nitrogen and oxygen atoms in total. The third kappa shape index (κ3) is 1.68. The summed E-state index contributed by atoms with van der Waals surface area (Å²) >= 11 is 0. The number of fused-ring (bicyclic) bond motifs is 1. The Labute approximate surface area is 104 Å². The van der Waals surface area contributed by atoms with Crippen LogP contribution in [0.2, 0.25) is 0 Å². The molecule has 0 amide bonds.